The lowest BCUT2D eigenvalue weighted by Gasteiger charge is -2.09. The summed E-state index contributed by atoms with van der Waals surface area (Å²) < 4.78 is 37.4. The van der Waals surface area contributed by atoms with Gasteiger partial charge in [0.25, 0.3) is 0 Å². The minimum atomic E-state index is -4.34. The van der Waals surface area contributed by atoms with Crippen LogP contribution < -0.4 is 5.73 Å². The number of carbonyl (C=O) groups is 1. The maximum Gasteiger partial charge on any atom is 0.416 e. The first-order valence-electron chi connectivity index (χ1n) is 5.92. The topological polar surface area (TPSA) is 43.1 Å². The van der Waals surface area contributed by atoms with Crippen LogP contribution in [0.25, 0.3) is 0 Å². The second-order valence-corrected chi connectivity index (χ2v) is 4.39. The van der Waals surface area contributed by atoms with Gasteiger partial charge in [-0.1, -0.05) is 30.3 Å². The highest BCUT2D eigenvalue weighted by Gasteiger charge is 2.29. The molecule has 0 radical (unpaired) electrons. The van der Waals surface area contributed by atoms with Crippen LogP contribution in [-0.4, -0.2) is 5.91 Å². The molecule has 0 heterocycles. The summed E-state index contributed by atoms with van der Waals surface area (Å²) >= 11 is 0. The third-order valence-electron chi connectivity index (χ3n) is 2.96. The summed E-state index contributed by atoms with van der Waals surface area (Å²) in [7, 11) is 0. The van der Waals surface area contributed by atoms with Crippen molar-refractivity contribution in [1.82, 2.24) is 0 Å². The van der Waals surface area contributed by atoms with Crippen LogP contribution in [0.2, 0.25) is 0 Å². The molecular weight excluding hydrogens is 267 g/mol. The van der Waals surface area contributed by atoms with Crippen LogP contribution in [0.3, 0.4) is 0 Å². The Morgan fingerprint density at radius 2 is 1.60 bits per heavy atom. The molecule has 0 aliphatic carbocycles. The summed E-state index contributed by atoms with van der Waals surface area (Å²) in [5.41, 5.74) is 6.33. The number of primary amides is 1. The molecule has 0 bridgehead atoms. The Morgan fingerprint density at radius 1 is 1.00 bits per heavy atom. The fourth-order valence-electron chi connectivity index (χ4n) is 1.95. The predicted molar refractivity (Wildman–Crippen MR) is 69.2 cm³/mol. The van der Waals surface area contributed by atoms with Gasteiger partial charge < -0.3 is 5.73 Å². The SMILES string of the molecule is NC(=O)c1ccccc1Cc1ccc(C(F)(F)F)cc1. The smallest absolute Gasteiger partial charge is 0.366 e. The lowest BCUT2D eigenvalue weighted by atomic mass is 9.98. The van der Waals surface area contributed by atoms with Crippen LogP contribution in [0, 0.1) is 0 Å². The van der Waals surface area contributed by atoms with E-state index in [1.165, 1.54) is 12.1 Å². The number of hydrogen-bond donors (Lipinski definition) is 1. The Labute approximate surface area is 114 Å². The van der Waals surface area contributed by atoms with E-state index in [4.69, 9.17) is 5.73 Å². The zero-order valence-corrected chi connectivity index (χ0v) is 10.4. The normalized spacial score (nSPS) is 11.3. The molecule has 1 amide bonds. The van der Waals surface area contributed by atoms with Gasteiger partial charge in [0.05, 0.1) is 5.56 Å². The summed E-state index contributed by atoms with van der Waals surface area (Å²) in [4.78, 5) is 11.3. The zero-order chi connectivity index (χ0) is 14.8. The average Bonchev–Trinajstić information content (AvgIpc) is 2.38. The Hall–Kier alpha value is -2.30. The Morgan fingerprint density at radius 3 is 2.15 bits per heavy atom. The number of halogens is 3. The average molecular weight is 279 g/mol. The first kappa shape index (κ1) is 14.1. The summed E-state index contributed by atoms with van der Waals surface area (Å²) in [6.45, 7) is 0. The third kappa shape index (κ3) is 3.17. The van der Waals surface area contributed by atoms with E-state index in [-0.39, 0.29) is 0 Å². The van der Waals surface area contributed by atoms with E-state index >= 15 is 0 Å². The van der Waals surface area contributed by atoms with Gasteiger partial charge in [-0.15, -0.1) is 0 Å². The molecule has 2 aromatic carbocycles. The minimum Gasteiger partial charge on any atom is -0.366 e. The third-order valence-corrected chi connectivity index (χ3v) is 2.96. The highest BCUT2D eigenvalue weighted by atomic mass is 19.4. The van der Waals surface area contributed by atoms with Crippen molar-refractivity contribution in [3.05, 3.63) is 70.8 Å². The van der Waals surface area contributed by atoms with Gasteiger partial charge in [-0.25, -0.2) is 0 Å². The number of amides is 1. The molecule has 0 fully saturated rings. The lowest BCUT2D eigenvalue weighted by molar-refractivity contribution is -0.137. The monoisotopic (exact) mass is 279 g/mol. The molecule has 104 valence electrons. The van der Waals surface area contributed by atoms with Crippen molar-refractivity contribution in [2.24, 2.45) is 5.73 Å². The number of nitrogens with two attached hydrogens (primary N) is 1. The molecule has 5 heteroatoms. The molecule has 2 N–H and O–H groups in total. The second kappa shape index (κ2) is 5.36. The highest BCUT2D eigenvalue weighted by Crippen LogP contribution is 2.29. The molecule has 0 saturated carbocycles. The van der Waals surface area contributed by atoms with E-state index in [0.29, 0.717) is 23.1 Å². The Kier molecular flexibility index (Phi) is 3.79. The van der Waals surface area contributed by atoms with Crippen LogP contribution in [0.5, 0.6) is 0 Å². The largest absolute Gasteiger partial charge is 0.416 e. The lowest BCUT2D eigenvalue weighted by Crippen LogP contribution is -2.13. The van der Waals surface area contributed by atoms with Crippen LogP contribution in [0.15, 0.2) is 48.5 Å². The Balaban J connectivity index is 2.25. The first-order valence-corrected chi connectivity index (χ1v) is 5.92. The molecule has 0 spiro atoms. The van der Waals surface area contributed by atoms with Crippen LogP contribution in [-0.2, 0) is 12.6 Å². The molecule has 0 aliphatic rings. The number of carbonyl (C=O) groups excluding carboxylic acids is 1. The molecule has 0 aliphatic heterocycles. The van der Waals surface area contributed by atoms with E-state index < -0.39 is 17.6 Å². The molecule has 2 nitrogen and oxygen atoms in total. The highest BCUT2D eigenvalue weighted by molar-refractivity contribution is 5.94. The number of hydrogen-bond acceptors (Lipinski definition) is 1. The fraction of sp³-hybridized carbons (Fsp3) is 0.133. The molecular formula is C15H12F3NO. The number of benzene rings is 2. The molecule has 0 aromatic heterocycles. The van der Waals surface area contributed by atoms with Crippen molar-refractivity contribution >= 4 is 5.91 Å². The van der Waals surface area contributed by atoms with E-state index in [9.17, 15) is 18.0 Å². The van der Waals surface area contributed by atoms with Gasteiger partial charge in [0.1, 0.15) is 0 Å². The summed E-state index contributed by atoms with van der Waals surface area (Å²) in [5.74, 6) is -0.549. The molecule has 0 unspecified atom stereocenters. The standard InChI is InChI=1S/C15H12F3NO/c16-15(17,18)12-7-5-10(6-8-12)9-11-3-1-2-4-13(11)14(19)20/h1-8H,9H2,(H2,19,20). The van der Waals surface area contributed by atoms with Crippen molar-refractivity contribution in [3.63, 3.8) is 0 Å². The molecule has 0 atom stereocenters. The maximum absolute atomic E-state index is 12.5. The predicted octanol–water partition coefficient (Wildman–Crippen LogP) is 3.40. The number of rotatable bonds is 3. The number of alkyl halides is 3. The molecule has 20 heavy (non-hydrogen) atoms. The Bertz CT molecular complexity index is 618. The van der Waals surface area contributed by atoms with Gasteiger partial charge in [-0.05, 0) is 35.7 Å². The molecule has 2 aromatic rings. The minimum absolute atomic E-state index is 0.358. The van der Waals surface area contributed by atoms with E-state index in [1.807, 2.05) is 0 Å². The summed E-state index contributed by atoms with van der Waals surface area (Å²) in [6, 6.07) is 11.6. The van der Waals surface area contributed by atoms with Gasteiger partial charge in [-0.2, -0.15) is 13.2 Å². The second-order valence-electron chi connectivity index (χ2n) is 4.39. The van der Waals surface area contributed by atoms with Crippen molar-refractivity contribution < 1.29 is 18.0 Å². The maximum atomic E-state index is 12.5. The van der Waals surface area contributed by atoms with Crippen molar-refractivity contribution in [2.45, 2.75) is 12.6 Å². The van der Waals surface area contributed by atoms with Crippen molar-refractivity contribution in [1.29, 1.82) is 0 Å². The van der Waals surface area contributed by atoms with Crippen molar-refractivity contribution in [2.75, 3.05) is 0 Å². The summed E-state index contributed by atoms with van der Waals surface area (Å²) in [5, 5.41) is 0. The van der Waals surface area contributed by atoms with Gasteiger partial charge in [-0.3, -0.25) is 4.79 Å². The summed E-state index contributed by atoms with van der Waals surface area (Å²) in [6.07, 6.45) is -3.99. The van der Waals surface area contributed by atoms with Crippen molar-refractivity contribution in [3.8, 4) is 0 Å². The van der Waals surface area contributed by atoms with Gasteiger partial charge in [0, 0.05) is 5.56 Å². The van der Waals surface area contributed by atoms with E-state index in [0.717, 1.165) is 12.1 Å². The van der Waals surface area contributed by atoms with E-state index in [2.05, 4.69) is 0 Å². The van der Waals surface area contributed by atoms with Crippen LogP contribution in [0.1, 0.15) is 27.0 Å². The fourth-order valence-corrected chi connectivity index (χ4v) is 1.95. The quantitative estimate of drug-likeness (QED) is 0.919. The van der Waals surface area contributed by atoms with Crippen LogP contribution in [0.4, 0.5) is 13.2 Å². The van der Waals surface area contributed by atoms with Gasteiger partial charge >= 0.3 is 6.18 Å². The first-order chi connectivity index (χ1) is 9.38. The van der Waals surface area contributed by atoms with Crippen LogP contribution >= 0.6 is 0 Å². The molecule has 2 rings (SSSR count). The molecule has 0 saturated heterocycles. The zero-order valence-electron chi connectivity index (χ0n) is 10.4. The van der Waals surface area contributed by atoms with Gasteiger partial charge in [0.2, 0.25) is 5.91 Å². The van der Waals surface area contributed by atoms with E-state index in [1.54, 1.807) is 24.3 Å². The van der Waals surface area contributed by atoms with Gasteiger partial charge in [0.15, 0.2) is 0 Å².